The standard InChI is InChI=1S/C55H65N5O14/c1-7-37(35-30-45(70-4)50(72-6)46(31-35)71-5)52(64)59-27-11-8-18-41(59)55(67)74-42(22-19-33-20-23-43(68-2)44(28-33)69-3)34-14-12-15-36(29-34)73-32-48(62)57-26-10-9-25-56-39-17-13-16-38-49(39)54(66)60(53(38)65)40-21-24-47(61)58-51(40)63/h12-17,20,23,28-31,37,40-42,56H,7-11,18-19,21-22,24-27,32H2,1-6H3,(H,57,62)(H,58,61,63)/t37-,40?,41-,42?/m0/s1. The van der Waals surface area contributed by atoms with Crippen molar-refractivity contribution in [3.05, 3.63) is 101 Å². The largest absolute Gasteiger partial charge is 0.493 e. The van der Waals surface area contributed by atoms with Crippen LogP contribution < -0.4 is 44.4 Å². The minimum atomic E-state index is -1.06. The van der Waals surface area contributed by atoms with Crippen LogP contribution in [0.5, 0.6) is 34.5 Å². The van der Waals surface area contributed by atoms with Gasteiger partial charge in [0.25, 0.3) is 17.7 Å². The van der Waals surface area contributed by atoms with Crippen molar-refractivity contribution in [3.63, 3.8) is 0 Å². The van der Waals surface area contributed by atoms with Gasteiger partial charge in [-0.1, -0.05) is 31.2 Å². The van der Waals surface area contributed by atoms with Crippen molar-refractivity contribution in [1.29, 1.82) is 0 Å². The number of carbonyl (C=O) groups is 7. The number of amides is 6. The second-order valence-corrected chi connectivity index (χ2v) is 18.1. The van der Waals surface area contributed by atoms with Crippen LogP contribution in [0.15, 0.2) is 72.8 Å². The van der Waals surface area contributed by atoms with Crippen LogP contribution in [0.3, 0.4) is 0 Å². The highest BCUT2D eigenvalue weighted by Gasteiger charge is 2.46. The van der Waals surface area contributed by atoms with E-state index in [0.29, 0.717) is 109 Å². The van der Waals surface area contributed by atoms with E-state index >= 15 is 0 Å². The second kappa shape index (κ2) is 25.2. The number of piperidine rings is 2. The van der Waals surface area contributed by atoms with Gasteiger partial charge in [0, 0.05) is 31.7 Å². The summed E-state index contributed by atoms with van der Waals surface area (Å²) in [6, 6.07) is 19.2. The number of ether oxygens (including phenoxy) is 7. The first-order valence-corrected chi connectivity index (χ1v) is 24.9. The second-order valence-electron chi connectivity index (χ2n) is 18.1. The SMILES string of the molecule is CC[C@H](C(=O)N1CCCC[C@H]1C(=O)OC(CCc1ccc(OC)c(OC)c1)c1cccc(OCC(=O)NCCCCNc2cccc3c2C(=O)N(C2CCC(=O)NC2=O)C3=O)c1)c1cc(OC)c(OC)c(OC)c1. The number of hydrogen-bond donors (Lipinski definition) is 3. The number of anilines is 1. The van der Waals surface area contributed by atoms with Crippen molar-refractivity contribution in [3.8, 4) is 34.5 Å². The van der Waals surface area contributed by atoms with E-state index in [9.17, 15) is 33.6 Å². The number of fused-ring (bicyclic) bond motifs is 1. The summed E-state index contributed by atoms with van der Waals surface area (Å²) in [5.74, 6) is -1.19. The number of nitrogens with one attached hydrogen (secondary N) is 3. The summed E-state index contributed by atoms with van der Waals surface area (Å²) < 4.78 is 40.1. The molecule has 0 saturated carbocycles. The Morgan fingerprint density at radius 3 is 2.19 bits per heavy atom. The summed E-state index contributed by atoms with van der Waals surface area (Å²) in [5.41, 5.74) is 3.05. The van der Waals surface area contributed by atoms with Crippen LogP contribution in [-0.4, -0.2) is 125 Å². The lowest BCUT2D eigenvalue weighted by Crippen LogP contribution is -2.54. The molecule has 2 unspecified atom stereocenters. The molecule has 394 valence electrons. The van der Waals surface area contributed by atoms with Crippen molar-refractivity contribution in [2.24, 2.45) is 0 Å². The highest BCUT2D eigenvalue weighted by molar-refractivity contribution is 6.25. The van der Waals surface area contributed by atoms with Crippen LogP contribution in [0.25, 0.3) is 0 Å². The number of hydrogen-bond acceptors (Lipinski definition) is 15. The van der Waals surface area contributed by atoms with Crippen molar-refractivity contribution < 1.29 is 66.7 Å². The number of likely N-dealkylation sites (tertiary alicyclic amines) is 1. The topological polar surface area (TPSA) is 227 Å². The van der Waals surface area contributed by atoms with Crippen molar-refractivity contribution in [2.45, 2.75) is 95.2 Å². The molecule has 0 spiro atoms. The summed E-state index contributed by atoms with van der Waals surface area (Å²) >= 11 is 0. The highest BCUT2D eigenvalue weighted by atomic mass is 16.5. The molecule has 3 aliphatic rings. The van der Waals surface area contributed by atoms with Gasteiger partial charge in [0.15, 0.2) is 29.6 Å². The first-order chi connectivity index (χ1) is 35.8. The predicted octanol–water partition coefficient (Wildman–Crippen LogP) is 6.31. The molecule has 19 heteroatoms. The maximum atomic E-state index is 14.5. The van der Waals surface area contributed by atoms with E-state index in [2.05, 4.69) is 16.0 Å². The average molecular weight is 1020 g/mol. The van der Waals surface area contributed by atoms with Crippen LogP contribution >= 0.6 is 0 Å². The van der Waals surface area contributed by atoms with Gasteiger partial charge in [0.1, 0.15) is 23.9 Å². The molecule has 0 aromatic heterocycles. The average Bonchev–Trinajstić information content (AvgIpc) is 3.68. The Kier molecular flexibility index (Phi) is 18.4. The molecule has 74 heavy (non-hydrogen) atoms. The molecule has 3 N–H and O–H groups in total. The number of benzene rings is 4. The Hall–Kier alpha value is -7.83. The lowest BCUT2D eigenvalue weighted by molar-refractivity contribution is -0.162. The van der Waals surface area contributed by atoms with E-state index in [4.69, 9.17) is 33.2 Å². The molecule has 0 radical (unpaired) electrons. The molecule has 4 atom stereocenters. The molecule has 0 bridgehead atoms. The molecule has 4 aromatic carbocycles. The van der Waals surface area contributed by atoms with Crippen molar-refractivity contribution in [1.82, 2.24) is 20.4 Å². The summed E-state index contributed by atoms with van der Waals surface area (Å²) in [6.07, 6.45) is 3.72. The van der Waals surface area contributed by atoms with E-state index < -0.39 is 53.7 Å². The Balaban J connectivity index is 0.969. The van der Waals surface area contributed by atoms with Crippen LogP contribution in [0.1, 0.15) is 114 Å². The third-order valence-electron chi connectivity index (χ3n) is 13.6. The fourth-order valence-corrected chi connectivity index (χ4v) is 9.71. The van der Waals surface area contributed by atoms with Crippen molar-refractivity contribution in [2.75, 3.05) is 67.1 Å². The van der Waals surface area contributed by atoms with Crippen LogP contribution in [0.2, 0.25) is 0 Å². The normalized spacial score (nSPS) is 17.1. The molecule has 0 aliphatic carbocycles. The van der Waals surface area contributed by atoms with E-state index in [1.165, 1.54) is 27.4 Å². The van der Waals surface area contributed by atoms with E-state index in [-0.39, 0.29) is 42.4 Å². The Labute approximate surface area is 430 Å². The van der Waals surface area contributed by atoms with Gasteiger partial charge < -0.3 is 48.7 Å². The van der Waals surface area contributed by atoms with Gasteiger partial charge >= 0.3 is 5.97 Å². The van der Waals surface area contributed by atoms with Crippen LogP contribution in [0.4, 0.5) is 5.69 Å². The molecule has 3 aliphatic heterocycles. The number of nitrogens with zero attached hydrogens (tertiary/aromatic N) is 2. The van der Waals surface area contributed by atoms with Gasteiger partial charge in [-0.3, -0.25) is 39.0 Å². The molecule has 19 nitrogen and oxygen atoms in total. The zero-order chi connectivity index (χ0) is 52.9. The Bertz CT molecular complexity index is 2700. The maximum Gasteiger partial charge on any atom is 0.329 e. The molecule has 3 heterocycles. The molecular weight excluding hydrogens is 955 g/mol. The maximum absolute atomic E-state index is 14.5. The van der Waals surface area contributed by atoms with Gasteiger partial charge in [-0.2, -0.15) is 0 Å². The molecule has 6 amide bonds. The third-order valence-corrected chi connectivity index (χ3v) is 13.6. The summed E-state index contributed by atoms with van der Waals surface area (Å²) in [6.45, 7) is 2.79. The lowest BCUT2D eigenvalue weighted by atomic mass is 9.91. The smallest absolute Gasteiger partial charge is 0.329 e. The fraction of sp³-hybridized carbons (Fsp3) is 0.436. The zero-order valence-electron chi connectivity index (χ0n) is 42.7. The summed E-state index contributed by atoms with van der Waals surface area (Å²) in [7, 11) is 7.68. The number of rotatable bonds is 24. The summed E-state index contributed by atoms with van der Waals surface area (Å²) in [4.78, 5) is 95.4. The minimum Gasteiger partial charge on any atom is -0.493 e. The van der Waals surface area contributed by atoms with E-state index in [1.807, 2.05) is 31.2 Å². The van der Waals surface area contributed by atoms with Crippen LogP contribution in [0, 0.1) is 0 Å². The zero-order valence-corrected chi connectivity index (χ0v) is 42.7. The molecule has 7 rings (SSSR count). The molecule has 4 aromatic rings. The Morgan fingerprint density at radius 2 is 1.49 bits per heavy atom. The molecule has 2 saturated heterocycles. The van der Waals surface area contributed by atoms with Crippen LogP contribution in [-0.2, 0) is 35.1 Å². The third kappa shape index (κ3) is 12.3. The lowest BCUT2D eigenvalue weighted by Gasteiger charge is -2.37. The number of unbranched alkanes of at least 4 members (excludes halogenated alkanes) is 1. The molecule has 2 fully saturated rings. The monoisotopic (exact) mass is 1020 g/mol. The predicted molar refractivity (Wildman–Crippen MR) is 271 cm³/mol. The number of methoxy groups -OCH3 is 5. The number of imide groups is 2. The van der Waals surface area contributed by atoms with Gasteiger partial charge in [0.05, 0.1) is 52.6 Å². The van der Waals surface area contributed by atoms with E-state index in [0.717, 1.165) is 23.3 Å². The first kappa shape index (κ1) is 54.0. The Morgan fingerprint density at radius 1 is 0.757 bits per heavy atom. The molecular formula is C55H65N5O14. The van der Waals surface area contributed by atoms with Crippen molar-refractivity contribution >= 4 is 47.1 Å². The van der Waals surface area contributed by atoms with Gasteiger partial charge in [0.2, 0.25) is 23.5 Å². The van der Waals surface area contributed by atoms with Gasteiger partial charge in [-0.15, -0.1) is 0 Å². The van der Waals surface area contributed by atoms with Gasteiger partial charge in [-0.05, 0) is 123 Å². The first-order valence-electron chi connectivity index (χ1n) is 24.9. The number of esters is 1. The minimum absolute atomic E-state index is 0.0294. The number of aryl methyl sites for hydroxylation is 1. The van der Waals surface area contributed by atoms with E-state index in [1.54, 1.807) is 61.6 Å². The fourth-order valence-electron chi connectivity index (χ4n) is 9.71. The quantitative estimate of drug-likeness (QED) is 0.0397. The highest BCUT2D eigenvalue weighted by Crippen LogP contribution is 2.42. The summed E-state index contributed by atoms with van der Waals surface area (Å²) in [5, 5.41) is 8.28. The van der Waals surface area contributed by atoms with Gasteiger partial charge in [-0.25, -0.2) is 4.79 Å². The number of carbonyl (C=O) groups excluding carboxylic acids is 7.